The molecule has 0 saturated carbocycles. The molecule has 0 aliphatic heterocycles. The second-order valence-corrected chi connectivity index (χ2v) is 5.12. The third-order valence-corrected chi connectivity index (χ3v) is 3.38. The summed E-state index contributed by atoms with van der Waals surface area (Å²) in [6, 6.07) is 9.40. The first kappa shape index (κ1) is 14.6. The Bertz CT molecular complexity index is 594. The second-order valence-electron chi connectivity index (χ2n) is 4.69. The van der Waals surface area contributed by atoms with Crippen LogP contribution in [0, 0.1) is 0 Å². The van der Waals surface area contributed by atoms with Crippen LogP contribution in [0.2, 0.25) is 5.02 Å². The molecule has 0 spiro atoms. The molecule has 2 N–H and O–H groups in total. The van der Waals surface area contributed by atoms with Crippen LogP contribution in [0.5, 0.6) is 0 Å². The summed E-state index contributed by atoms with van der Waals surface area (Å²) in [4.78, 5) is 12.0. The summed E-state index contributed by atoms with van der Waals surface area (Å²) in [6.07, 6.45) is 3.87. The molecule has 1 heterocycles. The predicted octanol–water partition coefficient (Wildman–Crippen LogP) is 3.06. The molecule has 1 atom stereocenters. The summed E-state index contributed by atoms with van der Waals surface area (Å²) in [6.45, 7) is 2.36. The van der Waals surface area contributed by atoms with Gasteiger partial charge in [-0.25, -0.2) is 0 Å². The molecule has 0 bridgehead atoms. The molecule has 0 saturated heterocycles. The van der Waals surface area contributed by atoms with E-state index in [0.717, 1.165) is 5.56 Å². The SMILES string of the molecule is CNC(C)c1ccn(CC(=O)Nc2cccc(Cl)c2)c1. The average molecular weight is 292 g/mol. The van der Waals surface area contributed by atoms with E-state index >= 15 is 0 Å². The minimum Gasteiger partial charge on any atom is -0.345 e. The number of nitrogens with zero attached hydrogens (tertiary/aromatic N) is 1. The summed E-state index contributed by atoms with van der Waals surface area (Å²) in [5.74, 6) is -0.0773. The van der Waals surface area contributed by atoms with Crippen LogP contribution in [0.3, 0.4) is 0 Å². The summed E-state index contributed by atoms with van der Waals surface area (Å²) < 4.78 is 1.86. The van der Waals surface area contributed by atoms with Gasteiger partial charge in [0, 0.05) is 29.1 Å². The lowest BCUT2D eigenvalue weighted by Crippen LogP contribution is -2.18. The molecule has 1 unspecified atom stereocenters. The van der Waals surface area contributed by atoms with Crippen molar-refractivity contribution in [1.29, 1.82) is 0 Å². The van der Waals surface area contributed by atoms with Gasteiger partial charge in [-0.1, -0.05) is 17.7 Å². The molecule has 5 heteroatoms. The molecule has 0 aliphatic rings. The molecule has 0 aliphatic carbocycles. The first-order valence-corrected chi connectivity index (χ1v) is 6.84. The first-order valence-electron chi connectivity index (χ1n) is 6.47. The van der Waals surface area contributed by atoms with Crippen molar-refractivity contribution in [3.05, 3.63) is 53.3 Å². The maximum absolute atomic E-state index is 12.0. The largest absolute Gasteiger partial charge is 0.345 e. The van der Waals surface area contributed by atoms with Crippen molar-refractivity contribution in [2.45, 2.75) is 19.5 Å². The van der Waals surface area contributed by atoms with Gasteiger partial charge in [0.1, 0.15) is 6.54 Å². The van der Waals surface area contributed by atoms with Gasteiger partial charge >= 0.3 is 0 Å². The number of benzene rings is 1. The molecule has 0 fully saturated rings. The van der Waals surface area contributed by atoms with Crippen LogP contribution in [-0.2, 0) is 11.3 Å². The minimum atomic E-state index is -0.0773. The van der Waals surface area contributed by atoms with Gasteiger partial charge in [-0.05, 0) is 43.8 Å². The van der Waals surface area contributed by atoms with Crippen LogP contribution in [-0.4, -0.2) is 17.5 Å². The van der Waals surface area contributed by atoms with E-state index < -0.39 is 0 Å². The van der Waals surface area contributed by atoms with Crippen LogP contribution < -0.4 is 10.6 Å². The number of rotatable bonds is 5. The van der Waals surface area contributed by atoms with Crippen LogP contribution in [0.1, 0.15) is 18.5 Å². The zero-order valence-corrected chi connectivity index (χ0v) is 12.3. The van der Waals surface area contributed by atoms with Crippen LogP contribution >= 0.6 is 11.6 Å². The van der Waals surface area contributed by atoms with Crippen molar-refractivity contribution in [3.63, 3.8) is 0 Å². The van der Waals surface area contributed by atoms with Crippen molar-refractivity contribution in [3.8, 4) is 0 Å². The molecule has 4 nitrogen and oxygen atoms in total. The molecule has 20 heavy (non-hydrogen) atoms. The highest BCUT2D eigenvalue weighted by Crippen LogP contribution is 2.15. The van der Waals surface area contributed by atoms with E-state index in [4.69, 9.17) is 11.6 Å². The quantitative estimate of drug-likeness (QED) is 0.889. The van der Waals surface area contributed by atoms with Crippen LogP contribution in [0.4, 0.5) is 5.69 Å². The van der Waals surface area contributed by atoms with Gasteiger partial charge in [-0.2, -0.15) is 0 Å². The van der Waals surface area contributed by atoms with Gasteiger partial charge in [0.05, 0.1) is 0 Å². The molecule has 2 rings (SSSR count). The molecule has 2 aromatic rings. The van der Waals surface area contributed by atoms with Crippen molar-refractivity contribution < 1.29 is 4.79 Å². The van der Waals surface area contributed by atoms with E-state index in [1.165, 1.54) is 0 Å². The Balaban J connectivity index is 1.96. The van der Waals surface area contributed by atoms with Crippen molar-refractivity contribution in [2.75, 3.05) is 12.4 Å². The van der Waals surface area contributed by atoms with E-state index in [1.807, 2.05) is 36.1 Å². The van der Waals surface area contributed by atoms with E-state index in [2.05, 4.69) is 17.6 Å². The van der Waals surface area contributed by atoms with Crippen LogP contribution in [0.15, 0.2) is 42.7 Å². The molecule has 1 aromatic carbocycles. The number of halogens is 1. The van der Waals surface area contributed by atoms with Crippen molar-refractivity contribution in [2.24, 2.45) is 0 Å². The number of anilines is 1. The summed E-state index contributed by atoms with van der Waals surface area (Å²) in [7, 11) is 1.91. The topological polar surface area (TPSA) is 46.1 Å². The molecule has 106 valence electrons. The highest BCUT2D eigenvalue weighted by atomic mass is 35.5. The van der Waals surface area contributed by atoms with E-state index in [1.54, 1.807) is 18.2 Å². The fraction of sp³-hybridized carbons (Fsp3) is 0.267. The summed E-state index contributed by atoms with van der Waals surface area (Å²) in [5.41, 5.74) is 1.86. The van der Waals surface area contributed by atoms with Gasteiger partial charge in [0.2, 0.25) is 5.91 Å². The number of carbonyl (C=O) groups excluding carboxylic acids is 1. The van der Waals surface area contributed by atoms with Crippen molar-refractivity contribution in [1.82, 2.24) is 9.88 Å². The first-order chi connectivity index (χ1) is 9.58. The Labute approximate surface area is 123 Å². The maximum Gasteiger partial charge on any atom is 0.244 e. The fourth-order valence-electron chi connectivity index (χ4n) is 1.91. The number of aromatic nitrogens is 1. The number of hydrogen-bond acceptors (Lipinski definition) is 2. The summed E-state index contributed by atoms with van der Waals surface area (Å²) in [5, 5.41) is 6.59. The Morgan fingerprint density at radius 3 is 2.90 bits per heavy atom. The number of carbonyl (C=O) groups is 1. The molecule has 1 aromatic heterocycles. The number of nitrogens with one attached hydrogen (secondary N) is 2. The smallest absolute Gasteiger partial charge is 0.244 e. The Kier molecular flexibility index (Phi) is 4.82. The summed E-state index contributed by atoms with van der Waals surface area (Å²) >= 11 is 5.88. The minimum absolute atomic E-state index is 0.0773. The third kappa shape index (κ3) is 3.85. The molecule has 1 amide bonds. The number of hydrogen-bond donors (Lipinski definition) is 2. The lowest BCUT2D eigenvalue weighted by Gasteiger charge is -2.08. The highest BCUT2D eigenvalue weighted by molar-refractivity contribution is 6.30. The molecular weight excluding hydrogens is 274 g/mol. The Hall–Kier alpha value is -1.78. The van der Waals surface area contributed by atoms with Gasteiger partial charge in [0.25, 0.3) is 0 Å². The maximum atomic E-state index is 12.0. The van der Waals surface area contributed by atoms with Gasteiger partial charge in [-0.3, -0.25) is 4.79 Å². The average Bonchev–Trinajstić information content (AvgIpc) is 2.86. The van der Waals surface area contributed by atoms with Gasteiger partial charge < -0.3 is 15.2 Å². The standard InChI is InChI=1S/C15H18ClN3O/c1-11(17-2)12-6-7-19(9-12)10-15(20)18-14-5-3-4-13(16)8-14/h3-9,11,17H,10H2,1-2H3,(H,18,20). The zero-order valence-electron chi connectivity index (χ0n) is 11.6. The lowest BCUT2D eigenvalue weighted by atomic mass is 10.2. The monoisotopic (exact) mass is 291 g/mol. The van der Waals surface area contributed by atoms with E-state index in [0.29, 0.717) is 10.7 Å². The van der Waals surface area contributed by atoms with Crippen molar-refractivity contribution >= 4 is 23.2 Å². The van der Waals surface area contributed by atoms with Gasteiger partial charge in [0.15, 0.2) is 0 Å². The molecular formula is C15H18ClN3O. The fourth-order valence-corrected chi connectivity index (χ4v) is 2.10. The van der Waals surface area contributed by atoms with Gasteiger partial charge in [-0.15, -0.1) is 0 Å². The second kappa shape index (κ2) is 6.59. The number of amides is 1. The van der Waals surface area contributed by atoms with Crippen LogP contribution in [0.25, 0.3) is 0 Å². The van der Waals surface area contributed by atoms with E-state index in [9.17, 15) is 4.79 Å². The third-order valence-electron chi connectivity index (χ3n) is 3.14. The zero-order chi connectivity index (χ0) is 14.5. The highest BCUT2D eigenvalue weighted by Gasteiger charge is 2.07. The Morgan fingerprint density at radius 2 is 2.20 bits per heavy atom. The Morgan fingerprint density at radius 1 is 1.40 bits per heavy atom. The predicted molar refractivity (Wildman–Crippen MR) is 82.0 cm³/mol. The normalized spacial score (nSPS) is 12.2. The molecule has 0 radical (unpaired) electrons. The lowest BCUT2D eigenvalue weighted by molar-refractivity contribution is -0.116. The van der Waals surface area contributed by atoms with E-state index in [-0.39, 0.29) is 18.5 Å².